The molecule has 11 heteroatoms. The Balaban J connectivity index is 2.34. The fourth-order valence-electron chi connectivity index (χ4n) is 1.42. The van der Waals surface area contributed by atoms with Crippen LogP contribution >= 0.6 is 11.6 Å². The van der Waals surface area contributed by atoms with Crippen molar-refractivity contribution < 1.29 is 23.6 Å². The minimum atomic E-state index is -1.56. The minimum Gasteiger partial charge on any atom is -0.611 e. The van der Waals surface area contributed by atoms with Gasteiger partial charge in [0.1, 0.15) is 6.61 Å². The maximum atomic E-state index is 11.6. The third-order valence-electron chi connectivity index (χ3n) is 2.38. The van der Waals surface area contributed by atoms with E-state index in [0.717, 1.165) is 5.56 Å². The Bertz CT molecular complexity index is 457. The minimum absolute atomic E-state index is 0.0318. The molecule has 1 aromatic rings. The van der Waals surface area contributed by atoms with Crippen molar-refractivity contribution in [2.45, 2.75) is 12.8 Å². The van der Waals surface area contributed by atoms with Crippen molar-refractivity contribution in [3.63, 3.8) is 0 Å². The van der Waals surface area contributed by atoms with E-state index in [-0.39, 0.29) is 13.3 Å². The summed E-state index contributed by atoms with van der Waals surface area (Å²) in [5.41, 5.74) is 0.852. The zero-order valence-corrected chi connectivity index (χ0v) is 13.7. The number of hydrogen-bond donors (Lipinski definition) is 2. The molecular formula is C11H16B2N2O5S2. The lowest BCUT2D eigenvalue weighted by Crippen LogP contribution is -2.44. The topological polar surface area (TPSA) is 99.7 Å². The lowest BCUT2D eigenvalue weighted by atomic mass is 10.2. The summed E-state index contributed by atoms with van der Waals surface area (Å²) in [6, 6.07) is 9.22. The van der Waals surface area contributed by atoms with Crippen LogP contribution in [0, 0.1) is 0 Å². The van der Waals surface area contributed by atoms with Gasteiger partial charge in [0.25, 0.3) is 0 Å². The molecule has 0 saturated carbocycles. The summed E-state index contributed by atoms with van der Waals surface area (Å²) < 4.78 is 23.5. The first kappa shape index (κ1) is 18.8. The molecule has 2 atom stereocenters. The highest BCUT2D eigenvalue weighted by molar-refractivity contribution is 8.19. The van der Waals surface area contributed by atoms with E-state index in [4.69, 9.17) is 9.47 Å². The SMILES string of the molecule is BSCC(NB[S+]([O-])NC=O)OC(=O)OCc1ccccc1. The van der Waals surface area contributed by atoms with Crippen LogP contribution in [0.3, 0.4) is 0 Å². The van der Waals surface area contributed by atoms with Crippen LogP contribution in [0.4, 0.5) is 4.79 Å². The van der Waals surface area contributed by atoms with Crippen LogP contribution in [0.25, 0.3) is 0 Å². The summed E-state index contributed by atoms with van der Waals surface area (Å²) in [4.78, 5) is 21.8. The number of benzene rings is 1. The second-order valence-corrected chi connectivity index (χ2v) is 6.14. The molecule has 0 bridgehead atoms. The van der Waals surface area contributed by atoms with E-state index in [9.17, 15) is 14.1 Å². The Morgan fingerprint density at radius 3 is 2.86 bits per heavy atom. The molecule has 0 saturated heterocycles. The first-order valence-electron chi connectivity index (χ1n) is 6.33. The number of hydrogen-bond acceptors (Lipinski definition) is 7. The van der Waals surface area contributed by atoms with Crippen LogP contribution in [-0.4, -0.2) is 42.9 Å². The molecule has 0 aliphatic carbocycles. The quantitative estimate of drug-likeness (QED) is 0.189. The molecule has 0 radical (unpaired) electrons. The van der Waals surface area contributed by atoms with E-state index in [0.29, 0.717) is 12.2 Å². The van der Waals surface area contributed by atoms with Gasteiger partial charge in [-0.1, -0.05) is 30.3 Å². The zero-order valence-electron chi connectivity index (χ0n) is 12.0. The molecule has 2 unspecified atom stereocenters. The van der Waals surface area contributed by atoms with Crippen molar-refractivity contribution in [1.29, 1.82) is 0 Å². The lowest BCUT2D eigenvalue weighted by molar-refractivity contribution is -0.108. The summed E-state index contributed by atoms with van der Waals surface area (Å²) >= 11 is -0.116. The fourth-order valence-corrected chi connectivity index (χ4v) is 2.43. The Labute approximate surface area is 137 Å². The van der Waals surface area contributed by atoms with Gasteiger partial charge in [0.2, 0.25) is 6.41 Å². The second-order valence-electron chi connectivity index (χ2n) is 4.02. The molecule has 0 fully saturated rings. The smallest absolute Gasteiger partial charge is 0.510 e. The van der Waals surface area contributed by atoms with Crippen molar-refractivity contribution in [3.05, 3.63) is 35.9 Å². The van der Waals surface area contributed by atoms with Crippen molar-refractivity contribution in [3.8, 4) is 0 Å². The van der Waals surface area contributed by atoms with Gasteiger partial charge in [-0.25, -0.2) is 16.4 Å². The molecule has 1 aromatic carbocycles. The predicted octanol–water partition coefficient (Wildman–Crippen LogP) is -0.787. The number of carbonyl (C=O) groups is 2. The van der Waals surface area contributed by atoms with E-state index >= 15 is 0 Å². The zero-order chi connectivity index (χ0) is 16.2. The third-order valence-corrected chi connectivity index (χ3v) is 3.80. The maximum absolute atomic E-state index is 11.6. The first-order valence-corrected chi connectivity index (χ1v) is 9.05. The highest BCUT2D eigenvalue weighted by Gasteiger charge is 2.19. The molecule has 1 amide bonds. The van der Waals surface area contributed by atoms with Crippen LogP contribution in [0.2, 0.25) is 0 Å². The molecule has 0 aliphatic rings. The van der Waals surface area contributed by atoms with Gasteiger partial charge >= 0.3 is 12.8 Å². The standard InChI is InChI=1S/C11H16B2N2O5S2/c12-21-7-10(15-13-22(18)14-8-16)20-11(17)19-6-9-4-2-1-3-5-9/h1-5,8,10,13,15H,6-7,12H2,(H,14,16). The normalized spacial score (nSPS) is 12.8. The van der Waals surface area contributed by atoms with E-state index in [2.05, 4.69) is 9.95 Å². The number of amides is 1. The highest BCUT2D eigenvalue weighted by Crippen LogP contribution is 2.04. The monoisotopic (exact) mass is 342 g/mol. The molecule has 0 heterocycles. The summed E-state index contributed by atoms with van der Waals surface area (Å²) in [6.07, 6.45) is -1.13. The van der Waals surface area contributed by atoms with Crippen molar-refractivity contribution in [1.82, 2.24) is 9.95 Å². The van der Waals surface area contributed by atoms with Gasteiger partial charge < -0.3 is 14.0 Å². The first-order chi connectivity index (χ1) is 10.7. The number of carbonyl (C=O) groups excluding carboxylic acids is 2. The molecule has 0 spiro atoms. The van der Waals surface area contributed by atoms with E-state index in [1.165, 1.54) is 11.6 Å². The second kappa shape index (κ2) is 11.3. The number of rotatable bonds is 10. The average Bonchev–Trinajstić information content (AvgIpc) is 2.52. The van der Waals surface area contributed by atoms with Gasteiger partial charge in [0, 0.05) is 17.0 Å². The number of ether oxygens (including phenoxy) is 2. The van der Waals surface area contributed by atoms with Gasteiger partial charge in [-0.05, 0) is 5.56 Å². The lowest BCUT2D eigenvalue weighted by Gasteiger charge is -2.18. The van der Waals surface area contributed by atoms with Crippen LogP contribution < -0.4 is 9.95 Å². The van der Waals surface area contributed by atoms with Crippen LogP contribution in [0.15, 0.2) is 30.3 Å². The summed E-state index contributed by atoms with van der Waals surface area (Å²) in [6.45, 7) is 0.0836. The number of nitrogens with one attached hydrogen (secondary N) is 2. The van der Waals surface area contributed by atoms with Crippen LogP contribution in [0.1, 0.15) is 5.56 Å². The summed E-state index contributed by atoms with van der Waals surface area (Å²) in [7, 11) is 1.84. The van der Waals surface area contributed by atoms with Crippen molar-refractivity contribution in [2.75, 3.05) is 5.75 Å². The molecule has 22 heavy (non-hydrogen) atoms. The van der Waals surface area contributed by atoms with Crippen molar-refractivity contribution >= 4 is 49.2 Å². The Kier molecular flexibility index (Phi) is 9.64. The molecule has 2 N–H and O–H groups in total. The summed E-state index contributed by atoms with van der Waals surface area (Å²) in [5, 5.41) is 2.77. The Morgan fingerprint density at radius 2 is 2.23 bits per heavy atom. The average molecular weight is 342 g/mol. The van der Waals surface area contributed by atoms with E-state index < -0.39 is 23.6 Å². The highest BCUT2D eigenvalue weighted by atomic mass is 32.2. The maximum Gasteiger partial charge on any atom is 0.510 e. The predicted molar refractivity (Wildman–Crippen MR) is 90.1 cm³/mol. The summed E-state index contributed by atoms with van der Waals surface area (Å²) in [5.74, 6) is 0.457. The van der Waals surface area contributed by atoms with Gasteiger partial charge in [-0.15, -0.1) is 0 Å². The molecule has 0 aliphatic heterocycles. The van der Waals surface area contributed by atoms with E-state index in [1.807, 2.05) is 37.5 Å². The molecular weight excluding hydrogens is 326 g/mol. The van der Waals surface area contributed by atoms with Crippen LogP contribution in [0.5, 0.6) is 0 Å². The fraction of sp³-hybridized carbons (Fsp3) is 0.273. The third kappa shape index (κ3) is 8.23. The molecule has 1 rings (SSSR count). The van der Waals surface area contributed by atoms with Gasteiger partial charge in [-0.3, -0.25) is 10.0 Å². The largest absolute Gasteiger partial charge is 0.611 e. The van der Waals surface area contributed by atoms with Gasteiger partial charge in [0.15, 0.2) is 13.4 Å². The van der Waals surface area contributed by atoms with Gasteiger partial charge in [0.05, 0.1) is 0 Å². The molecule has 0 aromatic heterocycles. The molecule has 118 valence electrons. The van der Waals surface area contributed by atoms with Gasteiger partial charge in [-0.2, -0.15) is 4.72 Å². The molecule has 7 nitrogen and oxygen atoms in total. The van der Waals surface area contributed by atoms with E-state index in [1.54, 1.807) is 0 Å². The Hall–Kier alpha value is -1.29. The Morgan fingerprint density at radius 1 is 1.50 bits per heavy atom. The van der Waals surface area contributed by atoms with Crippen LogP contribution in [-0.2, 0) is 32.1 Å². The van der Waals surface area contributed by atoms with Crippen molar-refractivity contribution in [2.24, 2.45) is 0 Å².